The van der Waals surface area contributed by atoms with Crippen molar-refractivity contribution >= 4 is 16.9 Å². The van der Waals surface area contributed by atoms with E-state index >= 15 is 0 Å². The fourth-order valence-corrected chi connectivity index (χ4v) is 2.69. The van der Waals surface area contributed by atoms with Crippen molar-refractivity contribution in [2.24, 2.45) is 0 Å². The molecule has 0 unspecified atom stereocenters. The maximum Gasteiger partial charge on any atom is 0.160 e. The molecule has 1 aromatic carbocycles. The third kappa shape index (κ3) is 2.49. The number of nitrogens with zero attached hydrogens (tertiary/aromatic N) is 3. The predicted octanol–water partition coefficient (Wildman–Crippen LogP) is 3.24. The summed E-state index contributed by atoms with van der Waals surface area (Å²) in [5.74, 6) is 1.07. The molecule has 0 bridgehead atoms. The lowest BCUT2D eigenvalue weighted by Crippen LogP contribution is -2.05. The zero-order valence-electron chi connectivity index (χ0n) is 12.7. The molecule has 3 rings (SSSR count). The Morgan fingerprint density at radius 3 is 2.48 bits per heavy atom. The fraction of sp³-hybridized carbons (Fsp3) is 0.294. The van der Waals surface area contributed by atoms with Gasteiger partial charge in [0, 0.05) is 17.8 Å². The summed E-state index contributed by atoms with van der Waals surface area (Å²) in [6.45, 7) is 7.02. The number of anilines is 1. The lowest BCUT2D eigenvalue weighted by atomic mass is 10.2. The summed E-state index contributed by atoms with van der Waals surface area (Å²) in [5.41, 5.74) is 11.9. The van der Waals surface area contributed by atoms with Crippen LogP contribution >= 0.6 is 0 Å². The van der Waals surface area contributed by atoms with Gasteiger partial charge in [-0.25, -0.2) is 9.97 Å². The molecule has 0 atom stereocenters. The number of hydrogen-bond acceptors (Lipinski definition) is 3. The van der Waals surface area contributed by atoms with Crippen molar-refractivity contribution in [3.05, 3.63) is 53.0 Å². The summed E-state index contributed by atoms with van der Waals surface area (Å²) in [5, 5.41) is 0. The van der Waals surface area contributed by atoms with Gasteiger partial charge in [-0.15, -0.1) is 0 Å². The van der Waals surface area contributed by atoms with Crippen LogP contribution in [-0.4, -0.2) is 14.5 Å². The maximum atomic E-state index is 5.75. The standard InChI is InChI=1S/C17H20N4/c1-4-15-20-16-11(2)9-12(3)19-17(16)21(15)10-13-5-7-14(18)8-6-13/h5-9H,4,10,18H2,1-3H3. The highest BCUT2D eigenvalue weighted by molar-refractivity contribution is 5.76. The highest BCUT2D eigenvalue weighted by Gasteiger charge is 2.13. The smallest absolute Gasteiger partial charge is 0.160 e. The van der Waals surface area contributed by atoms with Crippen molar-refractivity contribution in [1.82, 2.24) is 14.5 Å². The number of benzene rings is 1. The second-order valence-corrected chi connectivity index (χ2v) is 5.46. The quantitative estimate of drug-likeness (QED) is 0.749. The van der Waals surface area contributed by atoms with E-state index in [1.807, 2.05) is 19.1 Å². The van der Waals surface area contributed by atoms with Crippen LogP contribution in [0.2, 0.25) is 0 Å². The molecule has 0 fully saturated rings. The number of hydrogen-bond donors (Lipinski definition) is 1. The highest BCUT2D eigenvalue weighted by Crippen LogP contribution is 2.21. The molecule has 0 amide bonds. The summed E-state index contributed by atoms with van der Waals surface area (Å²) >= 11 is 0. The highest BCUT2D eigenvalue weighted by atomic mass is 15.1. The first-order chi connectivity index (χ1) is 10.1. The first kappa shape index (κ1) is 13.6. The Labute approximate surface area is 124 Å². The topological polar surface area (TPSA) is 56.7 Å². The van der Waals surface area contributed by atoms with E-state index < -0.39 is 0 Å². The first-order valence-corrected chi connectivity index (χ1v) is 7.26. The molecule has 0 radical (unpaired) electrons. The van der Waals surface area contributed by atoms with E-state index in [-0.39, 0.29) is 0 Å². The Morgan fingerprint density at radius 2 is 1.81 bits per heavy atom. The Kier molecular flexibility index (Phi) is 3.37. The maximum absolute atomic E-state index is 5.75. The second kappa shape index (κ2) is 5.20. The van der Waals surface area contributed by atoms with Crippen LogP contribution in [0.1, 0.15) is 29.6 Å². The van der Waals surface area contributed by atoms with Crippen LogP contribution in [-0.2, 0) is 13.0 Å². The van der Waals surface area contributed by atoms with Gasteiger partial charge in [0.25, 0.3) is 0 Å². The lowest BCUT2D eigenvalue weighted by Gasteiger charge is -2.08. The van der Waals surface area contributed by atoms with Gasteiger partial charge in [0.2, 0.25) is 0 Å². The summed E-state index contributed by atoms with van der Waals surface area (Å²) in [6.07, 6.45) is 0.893. The number of aromatic nitrogens is 3. The average Bonchev–Trinajstić information content (AvgIpc) is 2.80. The van der Waals surface area contributed by atoms with Crippen molar-refractivity contribution in [2.75, 3.05) is 5.73 Å². The van der Waals surface area contributed by atoms with E-state index in [0.717, 1.165) is 41.3 Å². The van der Waals surface area contributed by atoms with Gasteiger partial charge in [-0.1, -0.05) is 19.1 Å². The summed E-state index contributed by atoms with van der Waals surface area (Å²) in [4.78, 5) is 9.46. The van der Waals surface area contributed by atoms with Crippen LogP contribution in [0, 0.1) is 13.8 Å². The molecule has 0 spiro atoms. The Balaban J connectivity index is 2.13. The molecule has 4 nitrogen and oxygen atoms in total. The van der Waals surface area contributed by atoms with Gasteiger partial charge in [-0.3, -0.25) is 0 Å². The van der Waals surface area contributed by atoms with Crippen LogP contribution in [0.5, 0.6) is 0 Å². The number of aryl methyl sites for hydroxylation is 3. The van der Waals surface area contributed by atoms with E-state index in [1.54, 1.807) is 0 Å². The van der Waals surface area contributed by atoms with E-state index in [9.17, 15) is 0 Å². The number of rotatable bonds is 3. The zero-order chi connectivity index (χ0) is 15.0. The van der Waals surface area contributed by atoms with Crippen LogP contribution < -0.4 is 5.73 Å². The normalized spacial score (nSPS) is 11.2. The van der Waals surface area contributed by atoms with Crippen LogP contribution in [0.25, 0.3) is 11.2 Å². The van der Waals surface area contributed by atoms with E-state index in [0.29, 0.717) is 0 Å². The molecular formula is C17H20N4. The molecule has 2 N–H and O–H groups in total. The van der Waals surface area contributed by atoms with Gasteiger partial charge in [0.15, 0.2) is 5.65 Å². The zero-order valence-corrected chi connectivity index (χ0v) is 12.7. The predicted molar refractivity (Wildman–Crippen MR) is 86.3 cm³/mol. The Hall–Kier alpha value is -2.36. The molecule has 108 valence electrons. The van der Waals surface area contributed by atoms with Crippen molar-refractivity contribution < 1.29 is 0 Å². The van der Waals surface area contributed by atoms with Gasteiger partial charge in [-0.05, 0) is 43.2 Å². The summed E-state index contributed by atoms with van der Waals surface area (Å²) in [6, 6.07) is 10.1. The number of nitrogen functional groups attached to an aromatic ring is 1. The van der Waals surface area contributed by atoms with Crippen molar-refractivity contribution in [2.45, 2.75) is 33.7 Å². The van der Waals surface area contributed by atoms with Crippen LogP contribution in [0.4, 0.5) is 5.69 Å². The summed E-state index contributed by atoms with van der Waals surface area (Å²) in [7, 11) is 0. The third-order valence-corrected chi connectivity index (χ3v) is 3.74. The van der Waals surface area contributed by atoms with E-state index in [4.69, 9.17) is 15.7 Å². The number of nitrogens with two attached hydrogens (primary N) is 1. The Bertz CT molecular complexity index is 785. The number of pyridine rings is 1. The molecule has 0 aliphatic heterocycles. The molecule has 0 aliphatic carbocycles. The molecule has 21 heavy (non-hydrogen) atoms. The SMILES string of the molecule is CCc1nc2c(C)cc(C)nc2n1Cc1ccc(N)cc1. The largest absolute Gasteiger partial charge is 0.399 e. The fourth-order valence-electron chi connectivity index (χ4n) is 2.69. The molecular weight excluding hydrogens is 260 g/mol. The monoisotopic (exact) mass is 280 g/mol. The minimum Gasteiger partial charge on any atom is -0.399 e. The number of imidazole rings is 1. The van der Waals surface area contributed by atoms with Gasteiger partial charge in [-0.2, -0.15) is 0 Å². The molecule has 0 aliphatic rings. The van der Waals surface area contributed by atoms with Gasteiger partial charge in [0.05, 0.1) is 6.54 Å². The molecule has 3 aromatic rings. The van der Waals surface area contributed by atoms with Crippen LogP contribution in [0.15, 0.2) is 30.3 Å². The Morgan fingerprint density at radius 1 is 1.10 bits per heavy atom. The van der Waals surface area contributed by atoms with Gasteiger partial charge < -0.3 is 10.3 Å². The van der Waals surface area contributed by atoms with E-state index in [1.165, 1.54) is 11.1 Å². The molecule has 0 saturated heterocycles. The lowest BCUT2D eigenvalue weighted by molar-refractivity contribution is 0.745. The molecule has 2 aromatic heterocycles. The van der Waals surface area contributed by atoms with Gasteiger partial charge in [0.1, 0.15) is 11.3 Å². The number of fused-ring (bicyclic) bond motifs is 1. The van der Waals surface area contributed by atoms with Gasteiger partial charge >= 0.3 is 0 Å². The van der Waals surface area contributed by atoms with Crippen LogP contribution in [0.3, 0.4) is 0 Å². The molecule has 4 heteroatoms. The van der Waals surface area contributed by atoms with E-state index in [2.05, 4.69) is 36.6 Å². The molecule has 0 saturated carbocycles. The minimum absolute atomic E-state index is 0.774. The second-order valence-electron chi connectivity index (χ2n) is 5.46. The van der Waals surface area contributed by atoms with Crippen molar-refractivity contribution in [3.63, 3.8) is 0 Å². The average molecular weight is 280 g/mol. The first-order valence-electron chi connectivity index (χ1n) is 7.26. The van der Waals surface area contributed by atoms with Crippen molar-refractivity contribution in [3.8, 4) is 0 Å². The van der Waals surface area contributed by atoms with Crippen molar-refractivity contribution in [1.29, 1.82) is 0 Å². The third-order valence-electron chi connectivity index (χ3n) is 3.74. The molecule has 2 heterocycles. The summed E-state index contributed by atoms with van der Waals surface area (Å²) < 4.78 is 2.21. The minimum atomic E-state index is 0.774.